The Bertz CT molecular complexity index is 1000. The first-order valence-corrected chi connectivity index (χ1v) is 8.58. The smallest absolute Gasteiger partial charge is 0.249 e. The highest BCUT2D eigenvalue weighted by molar-refractivity contribution is 6.24. The minimum absolute atomic E-state index is 0.0257. The van der Waals surface area contributed by atoms with Crippen LogP contribution in [0.2, 0.25) is 0 Å². The summed E-state index contributed by atoms with van der Waals surface area (Å²) in [7, 11) is 1.47. The maximum atomic E-state index is 12.1. The number of benzene rings is 2. The second-order valence-electron chi connectivity index (χ2n) is 5.99. The van der Waals surface area contributed by atoms with E-state index in [0.29, 0.717) is 29.2 Å². The molecule has 0 saturated carbocycles. The number of amides is 1. The van der Waals surface area contributed by atoms with Gasteiger partial charge >= 0.3 is 0 Å². The number of pyridine rings is 1. The number of rotatable bonds is 7. The number of ether oxygens (including phenoxy) is 2. The van der Waals surface area contributed by atoms with Gasteiger partial charge in [0.25, 0.3) is 0 Å². The molecule has 6 nitrogen and oxygen atoms in total. The van der Waals surface area contributed by atoms with Crippen LogP contribution in [0, 0.1) is 0 Å². The normalized spacial score (nSPS) is 11.1. The van der Waals surface area contributed by atoms with Crippen LogP contribution in [0.4, 0.5) is 0 Å². The standard InChI is InChI=1S/C22H20N2O4/c1-27-21-7-6-16(13-19(21)25)12-18(22(23)26)17-4-2-3-5-20(17)28-14-15-8-10-24-11-9-15/h2-13,25H,14H2,1H3,(H2,23,26)/b18-12+. The van der Waals surface area contributed by atoms with Crippen LogP contribution in [-0.4, -0.2) is 23.1 Å². The molecule has 3 aromatic rings. The Labute approximate surface area is 162 Å². The SMILES string of the molecule is COc1ccc(/C=C(/C(N)=O)c2ccccc2OCc2ccncc2)cc1O. The van der Waals surface area contributed by atoms with E-state index in [4.69, 9.17) is 15.2 Å². The molecule has 3 rings (SSSR count). The van der Waals surface area contributed by atoms with Crippen molar-refractivity contribution >= 4 is 17.6 Å². The predicted octanol–water partition coefficient (Wildman–Crippen LogP) is 3.40. The fourth-order valence-electron chi connectivity index (χ4n) is 2.70. The lowest BCUT2D eigenvalue weighted by Crippen LogP contribution is -2.13. The molecule has 0 saturated heterocycles. The number of phenolic OH excluding ortho intramolecular Hbond substituents is 1. The molecule has 0 aliphatic rings. The van der Waals surface area contributed by atoms with Crippen LogP contribution < -0.4 is 15.2 Å². The molecule has 0 bridgehead atoms. The zero-order valence-electron chi connectivity index (χ0n) is 15.3. The number of nitrogens with two attached hydrogens (primary N) is 1. The molecule has 1 heterocycles. The van der Waals surface area contributed by atoms with Crippen LogP contribution in [0.1, 0.15) is 16.7 Å². The van der Waals surface area contributed by atoms with E-state index >= 15 is 0 Å². The lowest BCUT2D eigenvalue weighted by molar-refractivity contribution is -0.112. The number of carbonyl (C=O) groups is 1. The molecule has 2 aromatic carbocycles. The van der Waals surface area contributed by atoms with E-state index < -0.39 is 5.91 Å². The number of aromatic hydroxyl groups is 1. The van der Waals surface area contributed by atoms with E-state index in [1.807, 2.05) is 18.2 Å². The number of primary amides is 1. The van der Waals surface area contributed by atoms with Crippen molar-refractivity contribution in [3.05, 3.63) is 83.7 Å². The number of hydrogen-bond acceptors (Lipinski definition) is 5. The highest BCUT2D eigenvalue weighted by Gasteiger charge is 2.14. The lowest BCUT2D eigenvalue weighted by Gasteiger charge is -2.13. The number of hydrogen-bond donors (Lipinski definition) is 2. The van der Waals surface area contributed by atoms with Gasteiger partial charge in [0.05, 0.1) is 12.7 Å². The van der Waals surface area contributed by atoms with Crippen LogP contribution in [-0.2, 0) is 11.4 Å². The highest BCUT2D eigenvalue weighted by Crippen LogP contribution is 2.31. The fourth-order valence-corrected chi connectivity index (χ4v) is 2.70. The van der Waals surface area contributed by atoms with E-state index in [0.717, 1.165) is 5.56 Å². The van der Waals surface area contributed by atoms with Gasteiger partial charge in [-0.15, -0.1) is 0 Å². The third-order valence-corrected chi connectivity index (χ3v) is 4.10. The molecule has 1 aromatic heterocycles. The van der Waals surface area contributed by atoms with Crippen LogP contribution >= 0.6 is 0 Å². The average Bonchev–Trinajstić information content (AvgIpc) is 2.71. The first-order chi connectivity index (χ1) is 13.6. The van der Waals surface area contributed by atoms with Crippen molar-refractivity contribution in [2.45, 2.75) is 6.61 Å². The van der Waals surface area contributed by atoms with Crippen molar-refractivity contribution in [3.8, 4) is 17.2 Å². The zero-order chi connectivity index (χ0) is 19.9. The van der Waals surface area contributed by atoms with Crippen molar-refractivity contribution in [1.82, 2.24) is 4.98 Å². The molecule has 0 aliphatic heterocycles. The number of methoxy groups -OCH3 is 1. The predicted molar refractivity (Wildman–Crippen MR) is 107 cm³/mol. The number of phenols is 1. The van der Waals surface area contributed by atoms with Gasteiger partial charge in [0.15, 0.2) is 11.5 Å². The monoisotopic (exact) mass is 376 g/mol. The van der Waals surface area contributed by atoms with Gasteiger partial charge in [0.1, 0.15) is 12.4 Å². The topological polar surface area (TPSA) is 94.7 Å². The van der Waals surface area contributed by atoms with Gasteiger partial charge in [-0.25, -0.2) is 0 Å². The summed E-state index contributed by atoms with van der Waals surface area (Å²) in [5, 5.41) is 9.98. The first-order valence-electron chi connectivity index (χ1n) is 8.58. The molecular weight excluding hydrogens is 356 g/mol. The van der Waals surface area contributed by atoms with E-state index in [2.05, 4.69) is 4.98 Å². The highest BCUT2D eigenvalue weighted by atomic mass is 16.5. The zero-order valence-corrected chi connectivity index (χ0v) is 15.3. The van der Waals surface area contributed by atoms with E-state index in [-0.39, 0.29) is 11.3 Å². The first kappa shape index (κ1) is 19.0. The summed E-state index contributed by atoms with van der Waals surface area (Å²) >= 11 is 0. The quantitative estimate of drug-likeness (QED) is 0.487. The lowest BCUT2D eigenvalue weighted by atomic mass is 10.0. The third kappa shape index (κ3) is 4.48. The molecule has 0 unspecified atom stereocenters. The molecule has 28 heavy (non-hydrogen) atoms. The van der Waals surface area contributed by atoms with Gasteiger partial charge in [-0.2, -0.15) is 0 Å². The van der Waals surface area contributed by atoms with Crippen LogP contribution in [0.15, 0.2) is 67.0 Å². The maximum Gasteiger partial charge on any atom is 0.249 e. The molecule has 1 amide bonds. The molecule has 0 aliphatic carbocycles. The Hall–Kier alpha value is -3.80. The largest absolute Gasteiger partial charge is 0.504 e. The number of para-hydroxylation sites is 1. The number of aromatic nitrogens is 1. The molecule has 142 valence electrons. The van der Waals surface area contributed by atoms with Gasteiger partial charge in [0.2, 0.25) is 5.91 Å². The molecule has 0 radical (unpaired) electrons. The summed E-state index contributed by atoms with van der Waals surface area (Å²) in [6, 6.07) is 15.7. The average molecular weight is 376 g/mol. The van der Waals surface area contributed by atoms with Crippen LogP contribution in [0.5, 0.6) is 17.2 Å². The number of nitrogens with zero attached hydrogens (tertiary/aromatic N) is 1. The minimum atomic E-state index is -0.602. The molecule has 3 N–H and O–H groups in total. The summed E-state index contributed by atoms with van der Waals surface area (Å²) in [6.45, 7) is 0.328. The Morgan fingerprint density at radius 2 is 1.86 bits per heavy atom. The van der Waals surface area contributed by atoms with Gasteiger partial charge in [-0.1, -0.05) is 24.3 Å². The van der Waals surface area contributed by atoms with E-state index in [1.165, 1.54) is 13.2 Å². The van der Waals surface area contributed by atoms with Crippen LogP contribution in [0.25, 0.3) is 11.6 Å². The van der Waals surface area contributed by atoms with Crippen molar-refractivity contribution < 1.29 is 19.4 Å². The van der Waals surface area contributed by atoms with Crippen molar-refractivity contribution in [1.29, 1.82) is 0 Å². The minimum Gasteiger partial charge on any atom is -0.504 e. The summed E-state index contributed by atoms with van der Waals surface area (Å²) < 4.78 is 10.9. The number of carbonyl (C=O) groups excluding carboxylic acids is 1. The van der Waals surface area contributed by atoms with Gasteiger partial charge < -0.3 is 20.3 Å². The molecule has 0 atom stereocenters. The second kappa shape index (κ2) is 8.73. The Morgan fingerprint density at radius 1 is 1.11 bits per heavy atom. The molecule has 6 heteroatoms. The van der Waals surface area contributed by atoms with Crippen molar-refractivity contribution in [2.75, 3.05) is 7.11 Å². The summed E-state index contributed by atoms with van der Waals surface area (Å²) in [5.41, 5.74) is 8.03. The maximum absolute atomic E-state index is 12.1. The summed E-state index contributed by atoms with van der Waals surface area (Å²) in [5.74, 6) is 0.249. The Balaban J connectivity index is 1.94. The fraction of sp³-hybridized carbons (Fsp3) is 0.0909. The van der Waals surface area contributed by atoms with E-state index in [1.54, 1.807) is 48.8 Å². The summed E-state index contributed by atoms with van der Waals surface area (Å²) in [4.78, 5) is 16.1. The Morgan fingerprint density at radius 3 is 2.54 bits per heavy atom. The van der Waals surface area contributed by atoms with Gasteiger partial charge in [-0.3, -0.25) is 9.78 Å². The molecule has 0 spiro atoms. The molecule has 0 fully saturated rings. The summed E-state index contributed by atoms with van der Waals surface area (Å²) in [6.07, 6.45) is 4.99. The third-order valence-electron chi connectivity index (χ3n) is 4.10. The van der Waals surface area contributed by atoms with Crippen LogP contribution in [0.3, 0.4) is 0 Å². The van der Waals surface area contributed by atoms with Gasteiger partial charge in [0, 0.05) is 18.0 Å². The van der Waals surface area contributed by atoms with Gasteiger partial charge in [-0.05, 0) is 47.5 Å². The van der Waals surface area contributed by atoms with Crippen molar-refractivity contribution in [3.63, 3.8) is 0 Å². The van der Waals surface area contributed by atoms with Crippen molar-refractivity contribution in [2.24, 2.45) is 5.73 Å². The molecular formula is C22H20N2O4. The Kier molecular flexibility index (Phi) is 5.91. The van der Waals surface area contributed by atoms with E-state index in [9.17, 15) is 9.90 Å². The second-order valence-corrected chi connectivity index (χ2v) is 5.99.